The minimum Gasteiger partial charge on any atom is -0.366 e. The predicted octanol–water partition coefficient (Wildman–Crippen LogP) is 2.27. The molecule has 2 nitrogen and oxygen atoms in total. The fourth-order valence-electron chi connectivity index (χ4n) is 2.20. The third-order valence-corrected chi connectivity index (χ3v) is 3.16. The first kappa shape index (κ1) is 8.02. The first-order valence-corrected chi connectivity index (χ1v) is 4.97. The maximum atomic E-state index is 8.63. The lowest BCUT2D eigenvalue weighted by Gasteiger charge is -2.07. The molecule has 0 amide bonds. The van der Waals surface area contributed by atoms with E-state index < -0.39 is 0 Å². The van der Waals surface area contributed by atoms with Crippen LogP contribution in [0.1, 0.15) is 29.5 Å². The molecule has 70 valence electrons. The summed E-state index contributed by atoms with van der Waals surface area (Å²) >= 11 is 0. The second-order valence-corrected chi connectivity index (χ2v) is 4.11. The van der Waals surface area contributed by atoms with Gasteiger partial charge in [-0.1, -0.05) is 18.2 Å². The van der Waals surface area contributed by atoms with Gasteiger partial charge in [0.2, 0.25) is 0 Å². The molecule has 3 rings (SSSR count). The molecule has 1 saturated carbocycles. The number of ether oxygens (including phenoxy) is 1. The van der Waals surface area contributed by atoms with Crippen molar-refractivity contribution in [3.63, 3.8) is 0 Å². The molecular formula is C12H11NO. The fraction of sp³-hybridized carbons (Fsp3) is 0.417. The summed E-state index contributed by atoms with van der Waals surface area (Å²) in [5.41, 5.74) is 3.82. The first-order valence-electron chi connectivity index (χ1n) is 4.97. The standard InChI is InChI=1S/C12H11NO/c13-6-3-9-1-2-10-8-14-12(4-5-12)11(10)7-9/h1-2,7H,3-5,8H2. The summed E-state index contributed by atoms with van der Waals surface area (Å²) < 4.78 is 5.77. The van der Waals surface area contributed by atoms with E-state index in [0.29, 0.717) is 6.42 Å². The largest absolute Gasteiger partial charge is 0.366 e. The summed E-state index contributed by atoms with van der Waals surface area (Å²) in [7, 11) is 0. The molecule has 0 N–H and O–H groups in total. The van der Waals surface area contributed by atoms with Gasteiger partial charge in [-0.25, -0.2) is 0 Å². The van der Waals surface area contributed by atoms with Crippen molar-refractivity contribution in [2.45, 2.75) is 31.5 Å². The molecule has 0 unspecified atom stereocenters. The van der Waals surface area contributed by atoms with Crippen molar-refractivity contribution in [1.29, 1.82) is 5.26 Å². The molecule has 0 radical (unpaired) electrons. The Morgan fingerprint density at radius 2 is 2.29 bits per heavy atom. The Kier molecular flexibility index (Phi) is 1.48. The van der Waals surface area contributed by atoms with Crippen LogP contribution in [0.25, 0.3) is 0 Å². The van der Waals surface area contributed by atoms with Gasteiger partial charge in [0, 0.05) is 0 Å². The summed E-state index contributed by atoms with van der Waals surface area (Å²) in [5, 5.41) is 8.63. The summed E-state index contributed by atoms with van der Waals surface area (Å²) in [6.07, 6.45) is 2.80. The zero-order chi connectivity index (χ0) is 9.60. The minimum atomic E-state index is 0.0563. The summed E-state index contributed by atoms with van der Waals surface area (Å²) in [6, 6.07) is 8.47. The van der Waals surface area contributed by atoms with E-state index in [2.05, 4.69) is 18.2 Å². The van der Waals surface area contributed by atoms with Crippen molar-refractivity contribution in [1.82, 2.24) is 0 Å². The molecule has 1 fully saturated rings. The molecule has 1 spiro atoms. The Bertz CT molecular complexity index is 426. The molecule has 14 heavy (non-hydrogen) atoms. The zero-order valence-electron chi connectivity index (χ0n) is 7.92. The van der Waals surface area contributed by atoms with Gasteiger partial charge in [0.15, 0.2) is 0 Å². The van der Waals surface area contributed by atoms with Gasteiger partial charge in [0.1, 0.15) is 0 Å². The van der Waals surface area contributed by atoms with Crippen LogP contribution in [0.4, 0.5) is 0 Å². The van der Waals surface area contributed by atoms with Gasteiger partial charge in [-0.2, -0.15) is 5.26 Å². The van der Waals surface area contributed by atoms with Crippen molar-refractivity contribution in [3.05, 3.63) is 34.9 Å². The lowest BCUT2D eigenvalue weighted by molar-refractivity contribution is 0.0442. The highest BCUT2D eigenvalue weighted by atomic mass is 16.5. The molecule has 1 aromatic carbocycles. The van der Waals surface area contributed by atoms with Gasteiger partial charge >= 0.3 is 0 Å². The van der Waals surface area contributed by atoms with Crippen LogP contribution in [-0.4, -0.2) is 0 Å². The van der Waals surface area contributed by atoms with Crippen LogP contribution < -0.4 is 0 Å². The highest BCUT2D eigenvalue weighted by Crippen LogP contribution is 2.54. The SMILES string of the molecule is N#CCc1ccc2c(c1)C1(CC1)OC2. The van der Waals surface area contributed by atoms with Crippen molar-refractivity contribution >= 4 is 0 Å². The smallest absolute Gasteiger partial charge is 0.0941 e. The fourth-order valence-corrected chi connectivity index (χ4v) is 2.20. The Morgan fingerprint density at radius 3 is 3.00 bits per heavy atom. The van der Waals surface area contributed by atoms with E-state index >= 15 is 0 Å². The lowest BCUT2D eigenvalue weighted by atomic mass is 10.00. The molecule has 0 aromatic heterocycles. The minimum absolute atomic E-state index is 0.0563. The maximum absolute atomic E-state index is 8.63. The molecule has 0 bridgehead atoms. The molecule has 2 heteroatoms. The molecule has 1 aliphatic carbocycles. The summed E-state index contributed by atoms with van der Waals surface area (Å²) in [4.78, 5) is 0. The maximum Gasteiger partial charge on any atom is 0.0941 e. The third kappa shape index (κ3) is 0.995. The van der Waals surface area contributed by atoms with Crippen LogP contribution in [0.2, 0.25) is 0 Å². The van der Waals surface area contributed by atoms with E-state index in [0.717, 1.165) is 25.0 Å². The molecule has 1 aliphatic heterocycles. The molecule has 2 aliphatic rings. The normalized spacial score (nSPS) is 20.5. The Morgan fingerprint density at radius 1 is 1.43 bits per heavy atom. The first-order chi connectivity index (χ1) is 6.84. The van der Waals surface area contributed by atoms with Gasteiger partial charge in [-0.05, 0) is 29.5 Å². The van der Waals surface area contributed by atoms with Crippen LogP contribution in [0.15, 0.2) is 18.2 Å². The van der Waals surface area contributed by atoms with Gasteiger partial charge < -0.3 is 4.74 Å². The number of nitriles is 1. The summed E-state index contributed by atoms with van der Waals surface area (Å²) in [5.74, 6) is 0. The number of hydrogen-bond acceptors (Lipinski definition) is 2. The zero-order valence-corrected chi connectivity index (χ0v) is 7.92. The highest BCUT2D eigenvalue weighted by molar-refractivity contribution is 5.42. The van der Waals surface area contributed by atoms with Crippen molar-refractivity contribution in [3.8, 4) is 6.07 Å². The van der Waals surface area contributed by atoms with Crippen molar-refractivity contribution < 1.29 is 4.74 Å². The summed E-state index contributed by atoms with van der Waals surface area (Å²) in [6.45, 7) is 0.752. The Balaban J connectivity index is 2.05. The molecule has 0 atom stereocenters. The van der Waals surface area contributed by atoms with E-state index in [-0.39, 0.29) is 5.60 Å². The number of benzene rings is 1. The second kappa shape index (κ2) is 2.59. The number of rotatable bonds is 1. The molecule has 1 aromatic rings. The van der Waals surface area contributed by atoms with Crippen LogP contribution in [0.5, 0.6) is 0 Å². The van der Waals surface area contributed by atoms with Gasteiger partial charge in [0.25, 0.3) is 0 Å². The molecule has 1 heterocycles. The Hall–Kier alpha value is -1.33. The molecular weight excluding hydrogens is 174 g/mol. The monoisotopic (exact) mass is 185 g/mol. The van der Waals surface area contributed by atoms with Gasteiger partial charge in [0.05, 0.1) is 24.7 Å². The predicted molar refractivity (Wildman–Crippen MR) is 51.5 cm³/mol. The van der Waals surface area contributed by atoms with E-state index in [1.807, 2.05) is 6.07 Å². The second-order valence-electron chi connectivity index (χ2n) is 4.11. The van der Waals surface area contributed by atoms with Crippen LogP contribution in [0, 0.1) is 11.3 Å². The number of hydrogen-bond donors (Lipinski definition) is 0. The third-order valence-electron chi connectivity index (χ3n) is 3.16. The van der Waals surface area contributed by atoms with Gasteiger partial charge in [-0.15, -0.1) is 0 Å². The average Bonchev–Trinajstić information content (AvgIpc) is 2.88. The van der Waals surface area contributed by atoms with Crippen LogP contribution in [0.3, 0.4) is 0 Å². The Labute approximate surface area is 83.1 Å². The average molecular weight is 185 g/mol. The van der Waals surface area contributed by atoms with Crippen LogP contribution in [-0.2, 0) is 23.4 Å². The van der Waals surface area contributed by atoms with Gasteiger partial charge in [-0.3, -0.25) is 0 Å². The lowest BCUT2D eigenvalue weighted by Crippen LogP contribution is -2.02. The molecule has 0 saturated heterocycles. The van der Waals surface area contributed by atoms with Crippen LogP contribution >= 0.6 is 0 Å². The van der Waals surface area contributed by atoms with E-state index in [1.165, 1.54) is 11.1 Å². The van der Waals surface area contributed by atoms with Crippen molar-refractivity contribution in [2.24, 2.45) is 0 Å². The highest BCUT2D eigenvalue weighted by Gasteiger charge is 2.50. The topological polar surface area (TPSA) is 33.0 Å². The quantitative estimate of drug-likeness (QED) is 0.672. The van der Waals surface area contributed by atoms with E-state index in [4.69, 9.17) is 10.00 Å². The van der Waals surface area contributed by atoms with E-state index in [9.17, 15) is 0 Å². The van der Waals surface area contributed by atoms with E-state index in [1.54, 1.807) is 0 Å². The number of fused-ring (bicyclic) bond motifs is 2. The van der Waals surface area contributed by atoms with Crippen molar-refractivity contribution in [2.75, 3.05) is 0 Å². The number of nitrogens with zero attached hydrogens (tertiary/aromatic N) is 1.